The Morgan fingerprint density at radius 1 is 0.935 bits per heavy atom. The van der Waals surface area contributed by atoms with E-state index in [1.165, 1.54) is 0 Å². The number of thiocarbonyl (C=S) groups is 1. The third-order valence-electron chi connectivity index (χ3n) is 5.57. The van der Waals surface area contributed by atoms with Gasteiger partial charge in [0.2, 0.25) is 0 Å². The summed E-state index contributed by atoms with van der Waals surface area (Å²) in [7, 11) is 0. The Labute approximate surface area is 186 Å². The molecule has 0 spiro atoms. The first-order chi connectivity index (χ1) is 15.2. The summed E-state index contributed by atoms with van der Waals surface area (Å²) < 4.78 is 2.24. The molecule has 1 aliphatic heterocycles. The van der Waals surface area contributed by atoms with Gasteiger partial charge < -0.3 is 14.8 Å². The van der Waals surface area contributed by atoms with Crippen molar-refractivity contribution in [3.63, 3.8) is 0 Å². The van der Waals surface area contributed by atoms with Crippen LogP contribution in [0.2, 0.25) is 0 Å². The molecule has 31 heavy (non-hydrogen) atoms. The minimum absolute atomic E-state index is 0.0571. The number of rotatable bonds is 5. The lowest BCUT2D eigenvalue weighted by atomic mass is 10.0. The van der Waals surface area contributed by atoms with Crippen LogP contribution >= 0.6 is 12.2 Å². The zero-order chi connectivity index (χ0) is 21.2. The van der Waals surface area contributed by atoms with E-state index in [2.05, 4.69) is 54.9 Å². The fraction of sp³-hybridized carbons (Fsp3) is 0.167. The first kappa shape index (κ1) is 19.4. The summed E-state index contributed by atoms with van der Waals surface area (Å²) in [5.74, 6) is 0. The van der Waals surface area contributed by atoms with E-state index in [0.29, 0.717) is 11.7 Å². The van der Waals surface area contributed by atoms with Crippen LogP contribution < -0.4 is 5.32 Å². The maximum absolute atomic E-state index is 5.80. The fourth-order valence-electron chi connectivity index (χ4n) is 4.19. The monoisotopic (exact) mass is 426 g/mol. The molecule has 0 saturated carbocycles. The van der Waals surface area contributed by atoms with E-state index >= 15 is 0 Å². The summed E-state index contributed by atoms with van der Waals surface area (Å²) in [5, 5.41) is 4.21. The Kier molecular flexibility index (Phi) is 5.18. The summed E-state index contributed by atoms with van der Waals surface area (Å²) in [6, 6.07) is 20.1. The number of pyridine rings is 3. The summed E-state index contributed by atoms with van der Waals surface area (Å²) in [6.45, 7) is 2.72. The van der Waals surface area contributed by atoms with E-state index in [0.717, 1.165) is 28.5 Å². The highest BCUT2D eigenvalue weighted by Crippen LogP contribution is 2.40. The molecule has 0 bridgehead atoms. The molecule has 6 nitrogen and oxygen atoms in total. The molecule has 0 aromatic carbocycles. The molecule has 4 aromatic rings. The van der Waals surface area contributed by atoms with E-state index < -0.39 is 0 Å². The van der Waals surface area contributed by atoms with Gasteiger partial charge in [-0.1, -0.05) is 12.1 Å². The van der Waals surface area contributed by atoms with Gasteiger partial charge in [-0.3, -0.25) is 15.0 Å². The highest BCUT2D eigenvalue weighted by atomic mass is 32.1. The number of aromatic nitrogens is 4. The van der Waals surface area contributed by atoms with Crippen LogP contribution in [-0.2, 0) is 6.54 Å². The second-order valence-electron chi connectivity index (χ2n) is 7.52. The molecule has 2 atom stereocenters. The van der Waals surface area contributed by atoms with Crippen molar-refractivity contribution in [2.24, 2.45) is 0 Å². The first-order valence-electron chi connectivity index (χ1n) is 10.2. The van der Waals surface area contributed by atoms with Crippen LogP contribution in [0.5, 0.6) is 0 Å². The normalized spacial score (nSPS) is 18.2. The molecule has 7 heteroatoms. The summed E-state index contributed by atoms with van der Waals surface area (Å²) >= 11 is 5.80. The van der Waals surface area contributed by atoms with E-state index in [1.807, 2.05) is 61.1 Å². The number of aryl methyl sites for hydroxylation is 1. The molecule has 4 aromatic heterocycles. The van der Waals surface area contributed by atoms with Gasteiger partial charge in [0.05, 0.1) is 41.9 Å². The number of hydrogen-bond donors (Lipinski definition) is 1. The Hall–Kier alpha value is -3.58. The molecule has 0 unspecified atom stereocenters. The topological polar surface area (TPSA) is 58.9 Å². The fourth-order valence-corrected chi connectivity index (χ4v) is 4.50. The van der Waals surface area contributed by atoms with Gasteiger partial charge in [0.15, 0.2) is 5.11 Å². The average molecular weight is 427 g/mol. The quantitative estimate of drug-likeness (QED) is 0.484. The van der Waals surface area contributed by atoms with Crippen LogP contribution in [0.4, 0.5) is 0 Å². The summed E-state index contributed by atoms with van der Waals surface area (Å²) in [5.41, 5.74) is 5.21. The zero-order valence-electron chi connectivity index (χ0n) is 17.1. The Morgan fingerprint density at radius 3 is 2.48 bits per heavy atom. The maximum atomic E-state index is 5.80. The highest BCUT2D eigenvalue weighted by molar-refractivity contribution is 7.80. The largest absolute Gasteiger partial charge is 0.352 e. The molecular weight excluding hydrogens is 404 g/mol. The van der Waals surface area contributed by atoms with E-state index in [-0.39, 0.29) is 12.1 Å². The molecule has 1 N–H and O–H groups in total. The standard InChI is InChI=1S/C24H22N6S/c1-17-10-11-21(30(17)19-8-6-12-25-15-19)23-22(20-9-3-5-14-27-20)28-24(31)29(23)16-18-7-2-4-13-26-18/h2-15,22-23H,16H2,1H3,(H,28,31)/t22-,23-/m1/s1. The molecule has 1 aliphatic rings. The van der Waals surface area contributed by atoms with Crippen molar-refractivity contribution in [2.45, 2.75) is 25.6 Å². The van der Waals surface area contributed by atoms with Crippen LogP contribution in [0.25, 0.3) is 5.69 Å². The summed E-state index contributed by atoms with van der Waals surface area (Å²) in [4.78, 5) is 15.7. The second kappa shape index (κ2) is 8.28. The summed E-state index contributed by atoms with van der Waals surface area (Å²) in [6.07, 6.45) is 7.31. The maximum Gasteiger partial charge on any atom is 0.170 e. The number of nitrogens with one attached hydrogen (secondary N) is 1. The minimum Gasteiger partial charge on any atom is -0.352 e. The van der Waals surface area contributed by atoms with Crippen LogP contribution in [-0.4, -0.2) is 29.5 Å². The van der Waals surface area contributed by atoms with Crippen LogP contribution in [0, 0.1) is 6.92 Å². The van der Waals surface area contributed by atoms with Crippen molar-refractivity contribution >= 4 is 17.3 Å². The Morgan fingerprint density at radius 2 is 1.77 bits per heavy atom. The predicted octanol–water partition coefficient (Wildman–Crippen LogP) is 4.14. The van der Waals surface area contributed by atoms with Crippen molar-refractivity contribution in [1.29, 1.82) is 0 Å². The van der Waals surface area contributed by atoms with Crippen molar-refractivity contribution in [3.8, 4) is 5.69 Å². The van der Waals surface area contributed by atoms with Gasteiger partial charge in [-0.25, -0.2) is 0 Å². The van der Waals surface area contributed by atoms with Crippen LogP contribution in [0.15, 0.2) is 85.5 Å². The molecule has 1 saturated heterocycles. The third-order valence-corrected chi connectivity index (χ3v) is 5.92. The number of nitrogens with zero attached hydrogens (tertiary/aromatic N) is 5. The van der Waals surface area contributed by atoms with Gasteiger partial charge in [-0.05, 0) is 67.7 Å². The second-order valence-corrected chi connectivity index (χ2v) is 7.91. The molecule has 5 rings (SSSR count). The van der Waals surface area contributed by atoms with Crippen molar-refractivity contribution in [3.05, 3.63) is 108 Å². The van der Waals surface area contributed by atoms with Crippen molar-refractivity contribution in [1.82, 2.24) is 29.7 Å². The molecule has 5 heterocycles. The predicted molar refractivity (Wildman–Crippen MR) is 124 cm³/mol. The SMILES string of the molecule is Cc1ccc([C@@H]2[C@@H](c3ccccn3)NC(=S)N2Cc2ccccn2)n1-c1cccnc1. The lowest BCUT2D eigenvalue weighted by Crippen LogP contribution is -2.30. The van der Waals surface area contributed by atoms with E-state index in [9.17, 15) is 0 Å². The average Bonchev–Trinajstić information content (AvgIpc) is 3.35. The molecule has 0 radical (unpaired) electrons. The zero-order valence-corrected chi connectivity index (χ0v) is 17.9. The Bertz CT molecular complexity index is 1180. The lowest BCUT2D eigenvalue weighted by molar-refractivity contribution is 0.299. The minimum atomic E-state index is -0.0814. The molecule has 154 valence electrons. The van der Waals surface area contributed by atoms with Crippen LogP contribution in [0.1, 0.15) is 34.9 Å². The molecule has 0 aliphatic carbocycles. The van der Waals surface area contributed by atoms with Crippen molar-refractivity contribution < 1.29 is 0 Å². The van der Waals surface area contributed by atoms with Gasteiger partial charge in [-0.15, -0.1) is 0 Å². The smallest absolute Gasteiger partial charge is 0.170 e. The third kappa shape index (κ3) is 3.68. The van der Waals surface area contributed by atoms with Crippen LogP contribution in [0.3, 0.4) is 0 Å². The molecule has 0 amide bonds. The van der Waals surface area contributed by atoms with Gasteiger partial charge in [0.1, 0.15) is 0 Å². The van der Waals surface area contributed by atoms with Crippen molar-refractivity contribution in [2.75, 3.05) is 0 Å². The highest BCUT2D eigenvalue weighted by Gasteiger charge is 2.41. The Balaban J connectivity index is 1.63. The van der Waals surface area contributed by atoms with Gasteiger partial charge in [-0.2, -0.15) is 0 Å². The van der Waals surface area contributed by atoms with E-state index in [1.54, 1.807) is 6.20 Å². The molecular formula is C24H22N6S. The lowest BCUT2D eigenvalue weighted by Gasteiger charge is -2.29. The first-order valence-corrected chi connectivity index (χ1v) is 10.6. The van der Waals surface area contributed by atoms with Gasteiger partial charge in [0.25, 0.3) is 0 Å². The van der Waals surface area contributed by atoms with Gasteiger partial charge in [0, 0.05) is 30.0 Å². The van der Waals surface area contributed by atoms with E-state index in [4.69, 9.17) is 12.2 Å². The number of hydrogen-bond acceptors (Lipinski definition) is 4. The molecule has 1 fully saturated rings. The van der Waals surface area contributed by atoms with Gasteiger partial charge >= 0.3 is 0 Å².